The molecule has 1 atom stereocenters. The second-order valence-corrected chi connectivity index (χ2v) is 5.34. The lowest BCUT2D eigenvalue weighted by molar-refractivity contribution is -0.137. The zero-order chi connectivity index (χ0) is 14.6. The maximum atomic E-state index is 12.2. The molecule has 0 spiro atoms. The summed E-state index contributed by atoms with van der Waals surface area (Å²) in [7, 11) is 1.63. The van der Waals surface area contributed by atoms with Crippen LogP contribution < -0.4 is 5.73 Å². The minimum absolute atomic E-state index is 0.124. The van der Waals surface area contributed by atoms with Crippen LogP contribution >= 0.6 is 0 Å². The molecule has 0 aliphatic heterocycles. The van der Waals surface area contributed by atoms with Gasteiger partial charge in [0.15, 0.2) is 0 Å². The van der Waals surface area contributed by atoms with Gasteiger partial charge in [0.25, 0.3) is 0 Å². The molecule has 0 aliphatic carbocycles. The van der Waals surface area contributed by atoms with E-state index in [1.54, 1.807) is 45.2 Å². The Morgan fingerprint density at radius 3 is 2.37 bits per heavy atom. The first kappa shape index (κ1) is 15.5. The fourth-order valence-corrected chi connectivity index (χ4v) is 1.63. The summed E-state index contributed by atoms with van der Waals surface area (Å²) >= 11 is 0. The van der Waals surface area contributed by atoms with Gasteiger partial charge in [-0.05, 0) is 38.0 Å². The van der Waals surface area contributed by atoms with Crippen molar-refractivity contribution in [3.63, 3.8) is 0 Å². The van der Waals surface area contributed by atoms with Gasteiger partial charge in [0.05, 0.1) is 18.2 Å². The second-order valence-electron chi connectivity index (χ2n) is 5.34. The number of hydrogen-bond donors (Lipinski definition) is 3. The highest BCUT2D eigenvalue weighted by molar-refractivity contribution is 5.82. The van der Waals surface area contributed by atoms with Crippen LogP contribution in [0, 0.1) is 0 Å². The lowest BCUT2D eigenvalue weighted by Gasteiger charge is -2.35. The van der Waals surface area contributed by atoms with Crippen molar-refractivity contribution in [3.05, 3.63) is 29.8 Å². The fraction of sp³-hybridized carbons (Fsp3) is 0.500. The van der Waals surface area contributed by atoms with E-state index in [4.69, 9.17) is 5.73 Å². The summed E-state index contributed by atoms with van der Waals surface area (Å²) in [5.74, 6) is -0.0331. The van der Waals surface area contributed by atoms with Crippen molar-refractivity contribution in [1.82, 2.24) is 4.90 Å². The highest BCUT2D eigenvalue weighted by Gasteiger charge is 2.29. The molecule has 0 bridgehead atoms. The summed E-state index contributed by atoms with van der Waals surface area (Å²) in [6, 6.07) is 5.93. The minimum atomic E-state index is -0.666. The first-order valence-electron chi connectivity index (χ1n) is 6.20. The minimum Gasteiger partial charge on any atom is -0.508 e. The molecule has 0 aromatic heterocycles. The number of benzene rings is 1. The third-order valence-corrected chi connectivity index (χ3v) is 3.33. The average molecular weight is 266 g/mol. The molecular weight excluding hydrogens is 244 g/mol. The Bertz CT molecular complexity index is 429. The number of aromatic hydroxyl groups is 1. The molecular formula is C14H22N2O3. The Balaban J connectivity index is 2.70. The number of amides is 1. The summed E-state index contributed by atoms with van der Waals surface area (Å²) in [5.41, 5.74) is 6.15. The van der Waals surface area contributed by atoms with Gasteiger partial charge in [-0.3, -0.25) is 4.79 Å². The van der Waals surface area contributed by atoms with Gasteiger partial charge >= 0.3 is 0 Å². The van der Waals surface area contributed by atoms with E-state index in [0.717, 1.165) is 5.56 Å². The number of likely N-dealkylation sites (N-methyl/N-ethyl adjacent to an activating group) is 1. The Labute approximate surface area is 113 Å². The van der Waals surface area contributed by atoms with Crippen molar-refractivity contribution in [2.24, 2.45) is 5.73 Å². The molecule has 0 fully saturated rings. The number of carbonyl (C=O) groups is 1. The molecule has 0 saturated heterocycles. The fourth-order valence-electron chi connectivity index (χ4n) is 1.63. The van der Waals surface area contributed by atoms with Gasteiger partial charge in [0, 0.05) is 7.05 Å². The molecule has 19 heavy (non-hydrogen) atoms. The maximum Gasteiger partial charge on any atom is 0.240 e. The number of phenolic OH excluding ortho intramolecular Hbond substituents is 1. The lowest BCUT2D eigenvalue weighted by atomic mass is 10.0. The number of carbonyl (C=O) groups excluding carboxylic acids is 1. The number of aliphatic hydroxyl groups is 1. The molecule has 1 amide bonds. The molecule has 1 aromatic rings. The van der Waals surface area contributed by atoms with E-state index >= 15 is 0 Å². The third kappa shape index (κ3) is 3.94. The van der Waals surface area contributed by atoms with Crippen LogP contribution in [0.5, 0.6) is 5.75 Å². The smallest absolute Gasteiger partial charge is 0.240 e. The zero-order valence-electron chi connectivity index (χ0n) is 11.6. The number of aliphatic hydroxyl groups excluding tert-OH is 1. The van der Waals surface area contributed by atoms with Crippen molar-refractivity contribution in [2.45, 2.75) is 31.8 Å². The summed E-state index contributed by atoms with van der Waals surface area (Å²) in [4.78, 5) is 13.6. The number of phenols is 1. The number of rotatable bonds is 5. The summed E-state index contributed by atoms with van der Waals surface area (Å²) < 4.78 is 0. The Kier molecular flexibility index (Phi) is 4.91. The summed E-state index contributed by atoms with van der Waals surface area (Å²) in [5, 5.41) is 18.4. The van der Waals surface area contributed by atoms with Gasteiger partial charge in [-0.2, -0.15) is 0 Å². The van der Waals surface area contributed by atoms with Crippen LogP contribution in [0.25, 0.3) is 0 Å². The van der Waals surface area contributed by atoms with E-state index in [1.165, 1.54) is 4.90 Å². The van der Waals surface area contributed by atoms with Crippen LogP contribution in [0.4, 0.5) is 0 Å². The SMILES string of the molecule is CN(C(=O)[C@@H](N)Cc1ccc(O)cc1)C(C)(C)CO. The quantitative estimate of drug-likeness (QED) is 0.724. The van der Waals surface area contributed by atoms with E-state index in [0.29, 0.717) is 6.42 Å². The van der Waals surface area contributed by atoms with Crippen LogP contribution in [0.15, 0.2) is 24.3 Å². The Morgan fingerprint density at radius 1 is 1.37 bits per heavy atom. The average Bonchev–Trinajstić information content (AvgIpc) is 2.39. The van der Waals surface area contributed by atoms with Crippen molar-refractivity contribution < 1.29 is 15.0 Å². The molecule has 1 aromatic carbocycles. The van der Waals surface area contributed by atoms with Crippen LogP contribution in [0.1, 0.15) is 19.4 Å². The van der Waals surface area contributed by atoms with Gasteiger partial charge in [-0.25, -0.2) is 0 Å². The molecule has 5 nitrogen and oxygen atoms in total. The zero-order valence-corrected chi connectivity index (χ0v) is 11.6. The van der Waals surface area contributed by atoms with E-state index in [1.807, 2.05) is 0 Å². The normalized spacial score (nSPS) is 13.1. The maximum absolute atomic E-state index is 12.2. The first-order valence-corrected chi connectivity index (χ1v) is 6.20. The van der Waals surface area contributed by atoms with Gasteiger partial charge in [0.2, 0.25) is 5.91 Å². The second kappa shape index (κ2) is 6.04. The number of hydrogen-bond acceptors (Lipinski definition) is 4. The summed E-state index contributed by atoms with van der Waals surface area (Å²) in [6.45, 7) is 3.43. The van der Waals surface area contributed by atoms with Crippen molar-refractivity contribution in [2.75, 3.05) is 13.7 Å². The van der Waals surface area contributed by atoms with Crippen LogP contribution in [-0.2, 0) is 11.2 Å². The molecule has 5 heteroatoms. The monoisotopic (exact) mass is 266 g/mol. The predicted octanol–water partition coefficient (Wildman–Crippen LogP) is 0.491. The van der Waals surface area contributed by atoms with Gasteiger partial charge in [0.1, 0.15) is 5.75 Å². The Morgan fingerprint density at radius 2 is 1.89 bits per heavy atom. The summed E-state index contributed by atoms with van der Waals surface area (Å²) in [6.07, 6.45) is 0.394. The van der Waals surface area contributed by atoms with Gasteiger partial charge in [-0.1, -0.05) is 12.1 Å². The molecule has 0 saturated carbocycles. The van der Waals surface area contributed by atoms with Gasteiger partial charge in [-0.15, -0.1) is 0 Å². The van der Waals surface area contributed by atoms with E-state index < -0.39 is 11.6 Å². The van der Waals surface area contributed by atoms with Crippen LogP contribution in [0.3, 0.4) is 0 Å². The van der Waals surface area contributed by atoms with Crippen molar-refractivity contribution in [1.29, 1.82) is 0 Å². The van der Waals surface area contributed by atoms with E-state index in [-0.39, 0.29) is 18.3 Å². The van der Waals surface area contributed by atoms with E-state index in [2.05, 4.69) is 0 Å². The van der Waals surface area contributed by atoms with Crippen LogP contribution in [-0.4, -0.2) is 46.3 Å². The van der Waals surface area contributed by atoms with Crippen molar-refractivity contribution in [3.8, 4) is 5.75 Å². The molecule has 4 N–H and O–H groups in total. The molecule has 0 heterocycles. The molecule has 106 valence electrons. The third-order valence-electron chi connectivity index (χ3n) is 3.33. The largest absolute Gasteiger partial charge is 0.508 e. The van der Waals surface area contributed by atoms with Gasteiger partial charge < -0.3 is 20.8 Å². The van der Waals surface area contributed by atoms with E-state index in [9.17, 15) is 15.0 Å². The number of nitrogens with two attached hydrogens (primary N) is 1. The van der Waals surface area contributed by atoms with Crippen LogP contribution in [0.2, 0.25) is 0 Å². The highest BCUT2D eigenvalue weighted by atomic mass is 16.3. The predicted molar refractivity (Wildman–Crippen MR) is 73.7 cm³/mol. The molecule has 1 rings (SSSR count). The topological polar surface area (TPSA) is 86.8 Å². The van der Waals surface area contributed by atoms with Crippen molar-refractivity contribution >= 4 is 5.91 Å². The standard InChI is InChI=1S/C14H22N2O3/c1-14(2,9-17)16(3)13(19)12(15)8-10-4-6-11(18)7-5-10/h4-7,12,17-18H,8-9,15H2,1-3H3/t12-/m0/s1. The first-order chi connectivity index (χ1) is 8.77. The Hall–Kier alpha value is -1.59. The highest BCUT2D eigenvalue weighted by Crippen LogP contribution is 2.15. The molecule has 0 radical (unpaired) electrons. The molecule has 0 unspecified atom stereocenters. The lowest BCUT2D eigenvalue weighted by Crippen LogP contribution is -2.53. The molecule has 0 aliphatic rings. The number of nitrogens with zero attached hydrogens (tertiary/aromatic N) is 1.